The van der Waals surface area contributed by atoms with Gasteiger partial charge in [0.05, 0.1) is 5.56 Å². The Balaban J connectivity index is 1.98. The van der Waals surface area contributed by atoms with E-state index in [-0.39, 0.29) is 5.75 Å². The van der Waals surface area contributed by atoms with Gasteiger partial charge in [-0.1, -0.05) is 24.3 Å². The molecule has 0 aromatic heterocycles. The molecular weight excluding hydrogens is 260 g/mol. The number of carboxylic acid groups (broad SMARTS) is 1. The van der Waals surface area contributed by atoms with E-state index in [1.54, 1.807) is 30.3 Å². The van der Waals surface area contributed by atoms with Gasteiger partial charge in [0.25, 0.3) is 0 Å². The molecule has 0 bridgehead atoms. The van der Waals surface area contributed by atoms with Crippen LogP contribution in [-0.2, 0) is 6.42 Å². The molecule has 4 heteroatoms. The topological polar surface area (TPSA) is 57.5 Å². The minimum Gasteiger partial charge on any atom is -0.508 e. The summed E-state index contributed by atoms with van der Waals surface area (Å²) in [5.41, 5.74) is 1.38. The zero-order chi connectivity index (χ0) is 13.7. The number of benzene rings is 2. The minimum absolute atomic E-state index is 0.258. The van der Waals surface area contributed by atoms with Crippen LogP contribution in [0.1, 0.15) is 15.9 Å². The fraction of sp³-hybridized carbons (Fsp3) is 0.133. The lowest BCUT2D eigenvalue weighted by Crippen LogP contribution is -1.99. The minimum atomic E-state index is -0.902. The van der Waals surface area contributed by atoms with E-state index < -0.39 is 5.97 Å². The summed E-state index contributed by atoms with van der Waals surface area (Å²) in [6.45, 7) is 0. The molecule has 0 aliphatic carbocycles. The van der Waals surface area contributed by atoms with Crippen molar-refractivity contribution >= 4 is 17.7 Å². The molecular formula is C15H14O3S. The summed E-state index contributed by atoms with van der Waals surface area (Å²) in [5, 5.41) is 18.4. The van der Waals surface area contributed by atoms with Crippen LogP contribution in [0, 0.1) is 0 Å². The highest BCUT2D eigenvalue weighted by Crippen LogP contribution is 2.24. The van der Waals surface area contributed by atoms with Gasteiger partial charge in [-0.25, -0.2) is 4.79 Å². The van der Waals surface area contributed by atoms with E-state index >= 15 is 0 Å². The Morgan fingerprint density at radius 2 is 1.89 bits per heavy atom. The lowest BCUT2D eigenvalue weighted by atomic mass is 10.2. The molecule has 0 fully saturated rings. The lowest BCUT2D eigenvalue weighted by Gasteiger charge is -2.06. The van der Waals surface area contributed by atoms with E-state index in [0.29, 0.717) is 5.56 Å². The average Bonchev–Trinajstić information content (AvgIpc) is 2.39. The maximum Gasteiger partial charge on any atom is 0.336 e. The van der Waals surface area contributed by atoms with Crippen LogP contribution in [0.2, 0.25) is 0 Å². The second kappa shape index (κ2) is 6.29. The van der Waals surface area contributed by atoms with E-state index in [1.807, 2.05) is 18.2 Å². The van der Waals surface area contributed by atoms with Crippen LogP contribution in [0.25, 0.3) is 0 Å². The summed E-state index contributed by atoms with van der Waals surface area (Å²) >= 11 is 1.51. The molecule has 0 saturated heterocycles. The number of thioether (sulfide) groups is 1. The number of phenols is 1. The first-order valence-electron chi connectivity index (χ1n) is 5.90. The molecule has 0 radical (unpaired) electrons. The van der Waals surface area contributed by atoms with Gasteiger partial charge >= 0.3 is 5.97 Å². The normalized spacial score (nSPS) is 10.3. The predicted molar refractivity (Wildman–Crippen MR) is 75.9 cm³/mol. The van der Waals surface area contributed by atoms with Crippen molar-refractivity contribution in [1.29, 1.82) is 0 Å². The third kappa shape index (κ3) is 3.76. The molecule has 0 heterocycles. The molecule has 2 rings (SSSR count). The number of phenolic OH excluding ortho intramolecular Hbond substituents is 1. The van der Waals surface area contributed by atoms with Gasteiger partial charge in [-0.15, -0.1) is 11.8 Å². The molecule has 0 unspecified atom stereocenters. The van der Waals surface area contributed by atoms with Crippen molar-refractivity contribution < 1.29 is 15.0 Å². The zero-order valence-corrected chi connectivity index (χ0v) is 11.1. The first-order chi connectivity index (χ1) is 9.16. The fourth-order valence-electron chi connectivity index (χ4n) is 1.76. The number of aromatic hydroxyl groups is 1. The second-order valence-electron chi connectivity index (χ2n) is 4.07. The largest absolute Gasteiger partial charge is 0.508 e. The summed E-state index contributed by atoms with van der Waals surface area (Å²) in [7, 11) is 0. The molecule has 0 spiro atoms. The number of hydrogen-bond acceptors (Lipinski definition) is 3. The van der Waals surface area contributed by atoms with Crippen molar-refractivity contribution in [1.82, 2.24) is 0 Å². The van der Waals surface area contributed by atoms with Gasteiger partial charge in [0.2, 0.25) is 0 Å². The van der Waals surface area contributed by atoms with Gasteiger partial charge in [-0.05, 0) is 36.2 Å². The molecule has 0 aliphatic heterocycles. The number of aryl methyl sites for hydroxylation is 1. The van der Waals surface area contributed by atoms with Crippen molar-refractivity contribution in [3.8, 4) is 5.75 Å². The average molecular weight is 274 g/mol. The molecule has 0 aliphatic rings. The van der Waals surface area contributed by atoms with Gasteiger partial charge in [0.15, 0.2) is 0 Å². The third-order valence-electron chi connectivity index (χ3n) is 2.68. The molecule has 0 amide bonds. The lowest BCUT2D eigenvalue weighted by molar-refractivity contribution is 0.0693. The Bertz CT molecular complexity index is 581. The molecule has 3 nitrogen and oxygen atoms in total. The van der Waals surface area contributed by atoms with Crippen LogP contribution in [-0.4, -0.2) is 21.9 Å². The monoisotopic (exact) mass is 274 g/mol. The summed E-state index contributed by atoms with van der Waals surface area (Å²) in [4.78, 5) is 11.8. The number of hydrogen-bond donors (Lipinski definition) is 2. The van der Waals surface area contributed by atoms with Gasteiger partial charge in [-0.3, -0.25) is 0 Å². The summed E-state index contributed by atoms with van der Waals surface area (Å²) in [6.07, 6.45) is 0.785. The molecule has 2 N–H and O–H groups in total. The number of rotatable bonds is 5. The van der Waals surface area contributed by atoms with Crippen molar-refractivity contribution in [2.75, 3.05) is 5.75 Å². The van der Waals surface area contributed by atoms with Crippen LogP contribution in [0.3, 0.4) is 0 Å². The van der Waals surface area contributed by atoms with E-state index in [2.05, 4.69) is 0 Å². The third-order valence-corrected chi connectivity index (χ3v) is 3.75. The van der Waals surface area contributed by atoms with Gasteiger partial charge in [-0.2, -0.15) is 0 Å². The quantitative estimate of drug-likeness (QED) is 0.820. The number of carbonyl (C=O) groups is 1. The van der Waals surface area contributed by atoms with Crippen LogP contribution in [0.15, 0.2) is 53.4 Å². The van der Waals surface area contributed by atoms with Gasteiger partial charge in [0.1, 0.15) is 5.75 Å². The first-order valence-corrected chi connectivity index (χ1v) is 6.88. The highest BCUT2D eigenvalue weighted by atomic mass is 32.2. The Labute approximate surface area is 115 Å². The van der Waals surface area contributed by atoms with Crippen LogP contribution < -0.4 is 0 Å². The molecule has 2 aromatic carbocycles. The number of carboxylic acids is 1. The highest BCUT2D eigenvalue weighted by Gasteiger charge is 2.08. The molecule has 2 aromatic rings. The predicted octanol–water partition coefficient (Wildman–Crippen LogP) is 3.43. The van der Waals surface area contributed by atoms with Crippen molar-refractivity contribution in [2.45, 2.75) is 11.3 Å². The van der Waals surface area contributed by atoms with Crippen molar-refractivity contribution in [3.63, 3.8) is 0 Å². The maximum atomic E-state index is 11.1. The standard InChI is InChI=1S/C15H14O3S/c16-12-5-3-4-11(10-12)8-9-19-14-7-2-1-6-13(14)15(17)18/h1-7,10,16H,8-9H2,(H,17,18). The Morgan fingerprint density at radius 3 is 2.63 bits per heavy atom. The summed E-state index contributed by atoms with van der Waals surface area (Å²) < 4.78 is 0. The van der Waals surface area contributed by atoms with Crippen LogP contribution in [0.5, 0.6) is 5.75 Å². The summed E-state index contributed by atoms with van der Waals surface area (Å²) in [5.74, 6) is 0.127. The fourth-order valence-corrected chi connectivity index (χ4v) is 2.80. The van der Waals surface area contributed by atoms with Crippen molar-refractivity contribution in [3.05, 3.63) is 59.7 Å². The molecule has 98 valence electrons. The van der Waals surface area contributed by atoms with E-state index in [0.717, 1.165) is 22.6 Å². The molecule has 0 saturated carbocycles. The van der Waals surface area contributed by atoms with Crippen LogP contribution >= 0.6 is 11.8 Å². The first kappa shape index (κ1) is 13.5. The Kier molecular flexibility index (Phi) is 4.47. The Hall–Kier alpha value is -1.94. The highest BCUT2D eigenvalue weighted by molar-refractivity contribution is 7.99. The van der Waals surface area contributed by atoms with E-state index in [4.69, 9.17) is 5.11 Å². The number of aromatic carboxylic acids is 1. The smallest absolute Gasteiger partial charge is 0.336 e. The van der Waals surface area contributed by atoms with Crippen molar-refractivity contribution in [2.24, 2.45) is 0 Å². The van der Waals surface area contributed by atoms with E-state index in [9.17, 15) is 9.90 Å². The van der Waals surface area contributed by atoms with Gasteiger partial charge < -0.3 is 10.2 Å². The molecule has 0 atom stereocenters. The zero-order valence-electron chi connectivity index (χ0n) is 10.2. The van der Waals surface area contributed by atoms with Gasteiger partial charge in [0, 0.05) is 10.6 Å². The molecule has 19 heavy (non-hydrogen) atoms. The summed E-state index contributed by atoms with van der Waals surface area (Å²) in [6, 6.07) is 14.1. The second-order valence-corrected chi connectivity index (χ2v) is 5.21. The van der Waals surface area contributed by atoms with Crippen LogP contribution in [0.4, 0.5) is 0 Å². The SMILES string of the molecule is O=C(O)c1ccccc1SCCc1cccc(O)c1. The Morgan fingerprint density at radius 1 is 1.11 bits per heavy atom. The van der Waals surface area contributed by atoms with E-state index in [1.165, 1.54) is 11.8 Å². The maximum absolute atomic E-state index is 11.1.